The van der Waals surface area contributed by atoms with Crippen molar-refractivity contribution >= 4 is 58.4 Å². The molecule has 0 aromatic carbocycles. The van der Waals surface area contributed by atoms with Gasteiger partial charge in [-0.15, -0.1) is 0 Å². The number of allylic oxidation sites excluding steroid dienone is 1. The molecule has 0 bridgehead atoms. The van der Waals surface area contributed by atoms with E-state index in [4.69, 9.17) is 46.4 Å². The molecule has 1 heterocycles. The van der Waals surface area contributed by atoms with Crippen LogP contribution in [0, 0.1) is 0 Å². The summed E-state index contributed by atoms with van der Waals surface area (Å²) < 4.78 is -1.35. The van der Waals surface area contributed by atoms with Crippen LogP contribution in [0.3, 0.4) is 0 Å². The van der Waals surface area contributed by atoms with E-state index in [1.54, 1.807) is 0 Å². The zero-order valence-corrected chi connectivity index (χ0v) is 8.68. The Morgan fingerprint density at radius 1 is 1.42 bits per heavy atom. The van der Waals surface area contributed by atoms with Crippen LogP contribution in [0.15, 0.2) is 15.2 Å². The fourth-order valence-corrected chi connectivity index (χ4v) is 1.70. The number of carbonyl (C=O) groups excluding carboxylic acids is 1. The average molecular weight is 247 g/mol. The number of halogens is 4. The minimum atomic E-state index is -1.35. The Morgan fingerprint density at radius 3 is 2.50 bits per heavy atom. The highest BCUT2D eigenvalue weighted by molar-refractivity contribution is 6.66. The van der Waals surface area contributed by atoms with Crippen molar-refractivity contribution in [1.82, 2.24) is 0 Å². The van der Waals surface area contributed by atoms with Crippen LogP contribution in [0.1, 0.15) is 6.42 Å². The average Bonchev–Trinajstić information content (AvgIpc) is 1.96. The van der Waals surface area contributed by atoms with E-state index in [-0.39, 0.29) is 22.3 Å². The van der Waals surface area contributed by atoms with Gasteiger partial charge in [-0.25, -0.2) is 4.99 Å². The van der Waals surface area contributed by atoms with Crippen LogP contribution < -0.4 is 0 Å². The molecule has 0 aromatic heterocycles. The highest BCUT2D eigenvalue weighted by Gasteiger charge is 2.35. The zero-order chi connectivity index (χ0) is 9.35. The number of aldehydes is 1. The Morgan fingerprint density at radius 2 is 2.00 bits per heavy atom. The van der Waals surface area contributed by atoms with Gasteiger partial charge in [0.1, 0.15) is 10.9 Å². The predicted octanol–water partition coefficient (Wildman–Crippen LogP) is 2.85. The lowest BCUT2D eigenvalue weighted by Crippen LogP contribution is -2.29. The van der Waals surface area contributed by atoms with E-state index in [1.807, 2.05) is 0 Å². The molecule has 1 aliphatic rings. The molecular formula is C6H3Cl4NO. The number of rotatable bonds is 1. The van der Waals surface area contributed by atoms with Gasteiger partial charge < -0.3 is 0 Å². The molecule has 0 aromatic rings. The molecule has 1 rings (SSSR count). The quantitative estimate of drug-likeness (QED) is 0.398. The summed E-state index contributed by atoms with van der Waals surface area (Å²) in [7, 11) is 0. The molecule has 2 nitrogen and oxygen atoms in total. The first-order chi connectivity index (χ1) is 5.47. The molecule has 0 N–H and O–H groups in total. The summed E-state index contributed by atoms with van der Waals surface area (Å²) in [4.78, 5) is 14.0. The number of nitrogens with zero attached hydrogens (tertiary/aromatic N) is 1. The topological polar surface area (TPSA) is 29.4 Å². The molecular weight excluding hydrogens is 244 g/mol. The highest BCUT2D eigenvalue weighted by atomic mass is 35.5. The van der Waals surface area contributed by atoms with Crippen molar-refractivity contribution in [2.24, 2.45) is 4.99 Å². The van der Waals surface area contributed by atoms with Crippen molar-refractivity contribution in [1.29, 1.82) is 0 Å². The Hall–Kier alpha value is 0.240. The van der Waals surface area contributed by atoms with Gasteiger partial charge in [0.2, 0.25) is 0 Å². The Bertz CT molecular complexity index is 281. The fraction of sp³-hybridized carbons (Fsp3) is 0.333. The van der Waals surface area contributed by atoms with Gasteiger partial charge in [-0.05, 0) is 0 Å². The molecule has 12 heavy (non-hydrogen) atoms. The first kappa shape index (κ1) is 10.3. The minimum Gasteiger partial charge on any atom is -0.296 e. The number of hydrogen-bond acceptors (Lipinski definition) is 2. The smallest absolute Gasteiger partial charge is 0.168 e. The van der Waals surface area contributed by atoms with Crippen LogP contribution in [0.25, 0.3) is 0 Å². The number of hydrogen-bond donors (Lipinski definition) is 0. The maximum Gasteiger partial charge on any atom is 0.168 e. The molecule has 0 amide bonds. The summed E-state index contributed by atoms with van der Waals surface area (Å²) >= 11 is 22.6. The van der Waals surface area contributed by atoms with Gasteiger partial charge in [0.05, 0.1) is 5.03 Å². The van der Waals surface area contributed by atoms with Gasteiger partial charge in [0, 0.05) is 6.42 Å². The third kappa shape index (κ3) is 1.94. The highest BCUT2D eigenvalue weighted by Crippen LogP contribution is 2.38. The van der Waals surface area contributed by atoms with Crippen LogP contribution in [0.4, 0.5) is 0 Å². The minimum absolute atomic E-state index is 0.0137. The standard InChI is InChI=1S/C6H3Cl4NO/c7-3-1-6(9,10)4(2-12)11-5(3)8/h2H,1H2. The summed E-state index contributed by atoms with van der Waals surface area (Å²) in [6.07, 6.45) is 0.569. The summed E-state index contributed by atoms with van der Waals surface area (Å²) in [6, 6.07) is 0. The van der Waals surface area contributed by atoms with Crippen LogP contribution in [-0.4, -0.2) is 16.3 Å². The SMILES string of the molecule is O=CC1=NC(Cl)=C(Cl)CC1(Cl)Cl. The molecule has 0 aliphatic carbocycles. The van der Waals surface area contributed by atoms with Crippen molar-refractivity contribution in [3.05, 3.63) is 10.2 Å². The second-order valence-electron chi connectivity index (χ2n) is 2.19. The van der Waals surface area contributed by atoms with Crippen molar-refractivity contribution in [3.63, 3.8) is 0 Å². The Kier molecular flexibility index (Phi) is 3.05. The zero-order valence-electron chi connectivity index (χ0n) is 5.65. The van der Waals surface area contributed by atoms with Crippen molar-refractivity contribution in [3.8, 4) is 0 Å². The van der Waals surface area contributed by atoms with E-state index in [0.29, 0.717) is 6.29 Å². The molecule has 0 saturated heterocycles. The molecule has 1 aliphatic heterocycles. The van der Waals surface area contributed by atoms with Gasteiger partial charge in [-0.1, -0.05) is 46.4 Å². The van der Waals surface area contributed by atoms with E-state index >= 15 is 0 Å². The normalized spacial score (nSPS) is 22.2. The number of alkyl halides is 2. The van der Waals surface area contributed by atoms with Crippen molar-refractivity contribution in [2.75, 3.05) is 0 Å². The molecule has 0 unspecified atom stereocenters. The van der Waals surface area contributed by atoms with Crippen LogP contribution >= 0.6 is 46.4 Å². The molecule has 0 saturated carbocycles. The second kappa shape index (κ2) is 3.54. The lowest BCUT2D eigenvalue weighted by atomic mass is 10.1. The van der Waals surface area contributed by atoms with Crippen LogP contribution in [0.5, 0.6) is 0 Å². The van der Waals surface area contributed by atoms with Crippen LogP contribution in [0.2, 0.25) is 0 Å². The van der Waals surface area contributed by atoms with Gasteiger partial charge in [0.15, 0.2) is 10.6 Å². The van der Waals surface area contributed by atoms with Gasteiger partial charge in [0.25, 0.3) is 0 Å². The first-order valence-corrected chi connectivity index (χ1v) is 4.45. The second-order valence-corrected chi connectivity index (χ2v) is 4.49. The molecule has 66 valence electrons. The summed E-state index contributed by atoms with van der Waals surface area (Å²) in [5, 5.41) is 0.322. The molecule has 0 atom stereocenters. The van der Waals surface area contributed by atoms with Gasteiger partial charge in [-0.2, -0.15) is 0 Å². The molecule has 0 spiro atoms. The lowest BCUT2D eigenvalue weighted by Gasteiger charge is -2.21. The van der Waals surface area contributed by atoms with Gasteiger partial charge >= 0.3 is 0 Å². The van der Waals surface area contributed by atoms with E-state index in [0.717, 1.165) is 0 Å². The summed E-state index contributed by atoms with van der Waals surface area (Å²) in [5.41, 5.74) is -0.0137. The van der Waals surface area contributed by atoms with Gasteiger partial charge in [-0.3, -0.25) is 4.79 Å². The summed E-state index contributed by atoms with van der Waals surface area (Å²) in [6.45, 7) is 0. The van der Waals surface area contributed by atoms with E-state index < -0.39 is 4.33 Å². The third-order valence-electron chi connectivity index (χ3n) is 1.31. The molecule has 0 fully saturated rings. The lowest BCUT2D eigenvalue weighted by molar-refractivity contribution is -0.102. The van der Waals surface area contributed by atoms with E-state index in [1.165, 1.54) is 0 Å². The Balaban J connectivity index is 3.10. The van der Waals surface area contributed by atoms with Crippen molar-refractivity contribution < 1.29 is 4.79 Å². The molecule has 6 heteroatoms. The van der Waals surface area contributed by atoms with E-state index in [2.05, 4.69) is 4.99 Å². The number of aliphatic imine (C=N–C) groups is 1. The van der Waals surface area contributed by atoms with Crippen LogP contribution in [-0.2, 0) is 4.79 Å². The number of carbonyl (C=O) groups is 1. The van der Waals surface area contributed by atoms with Crippen molar-refractivity contribution in [2.45, 2.75) is 10.8 Å². The first-order valence-electron chi connectivity index (χ1n) is 2.93. The Labute approximate surface area is 89.1 Å². The van der Waals surface area contributed by atoms with E-state index in [9.17, 15) is 4.79 Å². The predicted molar refractivity (Wildman–Crippen MR) is 51.3 cm³/mol. The largest absolute Gasteiger partial charge is 0.296 e. The third-order valence-corrected chi connectivity index (χ3v) is 2.68. The fourth-order valence-electron chi connectivity index (χ4n) is 0.719. The maximum atomic E-state index is 10.4. The summed E-state index contributed by atoms with van der Waals surface area (Å²) in [5.74, 6) is 0. The monoisotopic (exact) mass is 245 g/mol. The molecule has 0 radical (unpaired) electrons. The maximum absolute atomic E-state index is 10.4.